The molecule has 1 rings (SSSR count). The molecular formula is C14H19NO. The molecule has 0 aliphatic heterocycles. The summed E-state index contributed by atoms with van der Waals surface area (Å²) in [6.07, 6.45) is 1.31. The van der Waals surface area contributed by atoms with Gasteiger partial charge in [0.2, 0.25) is 0 Å². The number of allylic oxidation sites excluding steroid dienone is 1. The minimum Gasteiger partial charge on any atom is -0.378 e. The molecule has 0 saturated heterocycles. The zero-order chi connectivity index (χ0) is 12.1. The summed E-state index contributed by atoms with van der Waals surface area (Å²) in [4.78, 5) is 13.9. The molecule has 0 aromatic heterocycles. The van der Waals surface area contributed by atoms with Gasteiger partial charge in [-0.05, 0) is 18.6 Å². The quantitative estimate of drug-likeness (QED) is 0.557. The van der Waals surface area contributed by atoms with Crippen molar-refractivity contribution in [1.29, 1.82) is 0 Å². The first-order valence-corrected chi connectivity index (χ1v) is 5.51. The van der Waals surface area contributed by atoms with Gasteiger partial charge in [0.05, 0.1) is 0 Å². The van der Waals surface area contributed by atoms with Crippen LogP contribution >= 0.6 is 0 Å². The first kappa shape index (κ1) is 12.5. The van der Waals surface area contributed by atoms with Crippen molar-refractivity contribution in [3.05, 3.63) is 42.0 Å². The Hall–Kier alpha value is -1.57. The molecule has 0 atom stereocenters. The summed E-state index contributed by atoms with van der Waals surface area (Å²) < 4.78 is 0. The molecule has 0 saturated carbocycles. The Morgan fingerprint density at radius 1 is 1.38 bits per heavy atom. The van der Waals surface area contributed by atoms with E-state index in [4.69, 9.17) is 0 Å². The van der Waals surface area contributed by atoms with Gasteiger partial charge in [-0.2, -0.15) is 0 Å². The number of ketones is 1. The Kier molecular flexibility index (Phi) is 4.29. The Labute approximate surface area is 97.6 Å². The second-order valence-corrected chi connectivity index (χ2v) is 4.15. The molecule has 0 spiro atoms. The van der Waals surface area contributed by atoms with Gasteiger partial charge >= 0.3 is 0 Å². The van der Waals surface area contributed by atoms with Crippen LogP contribution in [0.1, 0.15) is 30.1 Å². The fourth-order valence-corrected chi connectivity index (χ4v) is 1.41. The van der Waals surface area contributed by atoms with Gasteiger partial charge in [-0.3, -0.25) is 4.79 Å². The zero-order valence-corrected chi connectivity index (χ0v) is 10.3. The van der Waals surface area contributed by atoms with Crippen molar-refractivity contribution in [2.24, 2.45) is 0 Å². The molecule has 0 heterocycles. The zero-order valence-electron chi connectivity index (χ0n) is 10.3. The van der Waals surface area contributed by atoms with E-state index in [0.29, 0.717) is 6.42 Å². The molecule has 2 nitrogen and oxygen atoms in total. The van der Waals surface area contributed by atoms with Gasteiger partial charge < -0.3 is 4.90 Å². The molecule has 0 amide bonds. The third-order valence-electron chi connectivity index (χ3n) is 2.60. The van der Waals surface area contributed by atoms with Crippen molar-refractivity contribution in [2.45, 2.75) is 19.8 Å². The van der Waals surface area contributed by atoms with Gasteiger partial charge in [0, 0.05) is 31.8 Å². The lowest BCUT2D eigenvalue weighted by Crippen LogP contribution is -2.09. The van der Waals surface area contributed by atoms with E-state index >= 15 is 0 Å². The minimum atomic E-state index is 0.149. The molecule has 1 aromatic rings. The third-order valence-corrected chi connectivity index (χ3v) is 2.60. The van der Waals surface area contributed by atoms with Crippen LogP contribution in [-0.2, 0) is 0 Å². The van der Waals surface area contributed by atoms with Crippen LogP contribution in [0.5, 0.6) is 0 Å². The topological polar surface area (TPSA) is 20.3 Å². The van der Waals surface area contributed by atoms with Crippen LogP contribution in [0.15, 0.2) is 36.4 Å². The number of benzene rings is 1. The van der Waals surface area contributed by atoms with Crippen molar-refractivity contribution in [3.8, 4) is 0 Å². The second-order valence-electron chi connectivity index (χ2n) is 4.15. The molecule has 0 aliphatic carbocycles. The molecule has 0 fully saturated rings. The van der Waals surface area contributed by atoms with E-state index in [1.807, 2.05) is 50.2 Å². The Morgan fingerprint density at radius 2 is 2.06 bits per heavy atom. The van der Waals surface area contributed by atoms with Crippen LogP contribution in [0.2, 0.25) is 0 Å². The maximum atomic E-state index is 11.9. The Morgan fingerprint density at radius 3 is 2.62 bits per heavy atom. The lowest BCUT2D eigenvalue weighted by Gasteiger charge is -2.13. The maximum absolute atomic E-state index is 11.9. The average molecular weight is 217 g/mol. The molecule has 1 aromatic carbocycles. The summed E-state index contributed by atoms with van der Waals surface area (Å²) in [6, 6.07) is 7.69. The number of carbonyl (C=O) groups excluding carboxylic acids is 1. The van der Waals surface area contributed by atoms with E-state index in [1.165, 1.54) is 0 Å². The van der Waals surface area contributed by atoms with Gasteiger partial charge in [0.15, 0.2) is 5.78 Å². The van der Waals surface area contributed by atoms with Crippen molar-refractivity contribution in [3.63, 3.8) is 0 Å². The number of hydrogen-bond donors (Lipinski definition) is 0. The number of nitrogens with zero attached hydrogens (tertiary/aromatic N) is 1. The molecule has 0 N–H and O–H groups in total. The standard InChI is InChI=1S/C14H19NO/c1-5-11(2)9-14(16)12-7-6-8-13(10-12)15(3)4/h6-8,10H,2,5,9H2,1,3-4H3. The Bertz CT molecular complexity index is 393. The summed E-state index contributed by atoms with van der Waals surface area (Å²) in [5.41, 5.74) is 2.80. The highest BCUT2D eigenvalue weighted by molar-refractivity contribution is 5.98. The monoisotopic (exact) mass is 217 g/mol. The molecule has 0 bridgehead atoms. The van der Waals surface area contributed by atoms with Crippen LogP contribution in [0.25, 0.3) is 0 Å². The highest BCUT2D eigenvalue weighted by Gasteiger charge is 2.08. The number of anilines is 1. The van der Waals surface area contributed by atoms with Crippen molar-refractivity contribution < 1.29 is 4.79 Å². The van der Waals surface area contributed by atoms with E-state index in [1.54, 1.807) is 0 Å². The molecule has 86 valence electrons. The van der Waals surface area contributed by atoms with Gasteiger partial charge in [-0.25, -0.2) is 0 Å². The van der Waals surface area contributed by atoms with E-state index in [2.05, 4.69) is 6.58 Å². The predicted molar refractivity (Wildman–Crippen MR) is 69.1 cm³/mol. The lowest BCUT2D eigenvalue weighted by atomic mass is 10.0. The normalized spacial score (nSPS) is 9.94. The highest BCUT2D eigenvalue weighted by Crippen LogP contribution is 2.16. The number of Topliss-reactive ketones (excluding diaryl/α,β-unsaturated/α-hetero) is 1. The average Bonchev–Trinajstić information content (AvgIpc) is 2.28. The summed E-state index contributed by atoms with van der Waals surface area (Å²) >= 11 is 0. The summed E-state index contributed by atoms with van der Waals surface area (Å²) in [5.74, 6) is 0.149. The van der Waals surface area contributed by atoms with E-state index in [0.717, 1.165) is 23.2 Å². The van der Waals surface area contributed by atoms with Gasteiger partial charge in [0.1, 0.15) is 0 Å². The van der Waals surface area contributed by atoms with Gasteiger partial charge in [-0.15, -0.1) is 0 Å². The Balaban J connectivity index is 2.83. The fourth-order valence-electron chi connectivity index (χ4n) is 1.41. The largest absolute Gasteiger partial charge is 0.378 e. The van der Waals surface area contributed by atoms with E-state index < -0.39 is 0 Å². The molecule has 2 heteroatoms. The van der Waals surface area contributed by atoms with Crippen LogP contribution in [0.3, 0.4) is 0 Å². The molecule has 0 radical (unpaired) electrons. The van der Waals surface area contributed by atoms with Crippen molar-refractivity contribution in [1.82, 2.24) is 0 Å². The van der Waals surface area contributed by atoms with E-state index in [9.17, 15) is 4.79 Å². The number of carbonyl (C=O) groups is 1. The first-order chi connectivity index (χ1) is 7.54. The summed E-state index contributed by atoms with van der Waals surface area (Å²) in [6.45, 7) is 5.88. The smallest absolute Gasteiger partial charge is 0.166 e. The van der Waals surface area contributed by atoms with Crippen LogP contribution in [0, 0.1) is 0 Å². The van der Waals surface area contributed by atoms with Crippen LogP contribution < -0.4 is 4.90 Å². The number of rotatable bonds is 5. The molecule has 0 unspecified atom stereocenters. The fraction of sp³-hybridized carbons (Fsp3) is 0.357. The van der Waals surface area contributed by atoms with E-state index in [-0.39, 0.29) is 5.78 Å². The molecular weight excluding hydrogens is 198 g/mol. The van der Waals surface area contributed by atoms with Crippen LogP contribution in [0.4, 0.5) is 5.69 Å². The van der Waals surface area contributed by atoms with Gasteiger partial charge in [-0.1, -0.05) is 31.2 Å². The van der Waals surface area contributed by atoms with Crippen LogP contribution in [-0.4, -0.2) is 19.9 Å². The van der Waals surface area contributed by atoms with Crippen molar-refractivity contribution in [2.75, 3.05) is 19.0 Å². The lowest BCUT2D eigenvalue weighted by molar-refractivity contribution is 0.0992. The summed E-state index contributed by atoms with van der Waals surface area (Å²) in [5, 5.41) is 0. The SMILES string of the molecule is C=C(CC)CC(=O)c1cccc(N(C)C)c1. The molecule has 16 heavy (non-hydrogen) atoms. The maximum Gasteiger partial charge on any atom is 0.166 e. The van der Waals surface area contributed by atoms with Gasteiger partial charge in [0.25, 0.3) is 0 Å². The van der Waals surface area contributed by atoms with Crippen molar-refractivity contribution >= 4 is 11.5 Å². The highest BCUT2D eigenvalue weighted by atomic mass is 16.1. The second kappa shape index (κ2) is 5.50. The number of hydrogen-bond acceptors (Lipinski definition) is 2. The minimum absolute atomic E-state index is 0.149. The first-order valence-electron chi connectivity index (χ1n) is 5.51. The molecule has 0 aliphatic rings. The summed E-state index contributed by atoms with van der Waals surface area (Å²) in [7, 11) is 3.93. The third kappa shape index (κ3) is 3.23. The predicted octanol–water partition coefficient (Wildman–Crippen LogP) is 3.29.